The van der Waals surface area contributed by atoms with Gasteiger partial charge in [0, 0.05) is 31.5 Å². The van der Waals surface area contributed by atoms with Gasteiger partial charge in [0.05, 0.1) is 23.2 Å². The van der Waals surface area contributed by atoms with E-state index >= 15 is 0 Å². The maximum absolute atomic E-state index is 12.8. The molecule has 20 heavy (non-hydrogen) atoms. The molecule has 0 aliphatic heterocycles. The first kappa shape index (κ1) is 16.2. The summed E-state index contributed by atoms with van der Waals surface area (Å²) in [4.78, 5) is 9.60. The summed E-state index contributed by atoms with van der Waals surface area (Å²) in [5.41, 5.74) is -2.14. The topological polar surface area (TPSA) is 84.6 Å². The Morgan fingerprint density at radius 2 is 2.15 bits per heavy atom. The molecule has 0 aromatic heterocycles. The first-order valence-corrected chi connectivity index (χ1v) is 5.52. The molecule has 0 amide bonds. The Hall–Kier alpha value is -1.87. The van der Waals surface area contributed by atoms with Gasteiger partial charge in [-0.1, -0.05) is 0 Å². The van der Waals surface area contributed by atoms with Crippen LogP contribution in [0.1, 0.15) is 5.56 Å². The molecule has 0 spiro atoms. The number of ether oxygens (including phenoxy) is 1. The molecule has 0 saturated carbocycles. The molecule has 0 aliphatic rings. The number of hydrogen-bond donors (Lipinski definition) is 2. The number of anilines is 1. The summed E-state index contributed by atoms with van der Waals surface area (Å²) < 4.78 is 43.1. The number of alkyl halides is 3. The molecule has 1 atom stereocenters. The predicted molar refractivity (Wildman–Crippen MR) is 64.5 cm³/mol. The number of hydrogen-bond acceptors (Lipinski definition) is 5. The van der Waals surface area contributed by atoms with Crippen LogP contribution in [0, 0.1) is 10.1 Å². The molecule has 9 heteroatoms. The molecule has 0 fully saturated rings. The van der Waals surface area contributed by atoms with Crippen LogP contribution in [0.2, 0.25) is 0 Å². The number of nitro benzene ring substituents is 1. The van der Waals surface area contributed by atoms with E-state index in [0.717, 1.165) is 12.1 Å². The number of methoxy groups -OCH3 is 1. The van der Waals surface area contributed by atoms with E-state index in [9.17, 15) is 28.4 Å². The van der Waals surface area contributed by atoms with Crippen LogP contribution >= 0.6 is 0 Å². The van der Waals surface area contributed by atoms with Gasteiger partial charge in [-0.2, -0.15) is 13.2 Å². The minimum Gasteiger partial charge on any atom is -0.389 e. The van der Waals surface area contributed by atoms with Gasteiger partial charge in [-0.25, -0.2) is 0 Å². The van der Waals surface area contributed by atoms with Gasteiger partial charge in [-0.15, -0.1) is 0 Å². The molecule has 0 aliphatic carbocycles. The van der Waals surface area contributed by atoms with E-state index in [1.54, 1.807) is 0 Å². The van der Waals surface area contributed by atoms with Gasteiger partial charge < -0.3 is 15.2 Å². The fraction of sp³-hybridized carbons (Fsp3) is 0.455. The third kappa shape index (κ3) is 4.35. The van der Waals surface area contributed by atoms with Gasteiger partial charge >= 0.3 is 6.18 Å². The summed E-state index contributed by atoms with van der Waals surface area (Å²) in [6, 6.07) is 2.37. The van der Waals surface area contributed by atoms with Crippen LogP contribution in [-0.2, 0) is 10.9 Å². The maximum atomic E-state index is 12.8. The van der Waals surface area contributed by atoms with Crippen LogP contribution in [0.25, 0.3) is 0 Å². The highest BCUT2D eigenvalue weighted by molar-refractivity contribution is 5.57. The van der Waals surface area contributed by atoms with E-state index in [-0.39, 0.29) is 18.8 Å². The molecule has 1 rings (SSSR count). The predicted octanol–water partition coefficient (Wildman–Crippen LogP) is 2.03. The second kappa shape index (κ2) is 6.53. The van der Waals surface area contributed by atoms with E-state index < -0.39 is 28.5 Å². The first-order valence-electron chi connectivity index (χ1n) is 5.52. The Labute approximate surface area is 112 Å². The Kier molecular flexibility index (Phi) is 5.28. The zero-order valence-corrected chi connectivity index (χ0v) is 10.5. The van der Waals surface area contributed by atoms with Gasteiger partial charge in [0.2, 0.25) is 0 Å². The largest absolute Gasteiger partial charge is 0.418 e. The summed E-state index contributed by atoms with van der Waals surface area (Å²) in [5.74, 6) is 0. The van der Waals surface area contributed by atoms with Crippen molar-refractivity contribution in [2.75, 3.05) is 25.6 Å². The highest BCUT2D eigenvalue weighted by Crippen LogP contribution is 2.37. The summed E-state index contributed by atoms with van der Waals surface area (Å²) in [7, 11) is 1.34. The van der Waals surface area contributed by atoms with Gasteiger partial charge in [-0.05, 0) is 6.07 Å². The second-order valence-electron chi connectivity index (χ2n) is 3.97. The first-order chi connectivity index (χ1) is 9.25. The van der Waals surface area contributed by atoms with E-state index in [1.807, 2.05) is 0 Å². The quantitative estimate of drug-likeness (QED) is 0.619. The molecule has 1 aromatic carbocycles. The number of nitrogens with one attached hydrogen (secondary N) is 1. The lowest BCUT2D eigenvalue weighted by Gasteiger charge is -2.16. The van der Waals surface area contributed by atoms with E-state index in [2.05, 4.69) is 10.1 Å². The van der Waals surface area contributed by atoms with Crippen molar-refractivity contribution >= 4 is 11.4 Å². The molecule has 2 N–H and O–H groups in total. The van der Waals surface area contributed by atoms with Crippen molar-refractivity contribution in [1.29, 1.82) is 0 Å². The monoisotopic (exact) mass is 294 g/mol. The third-order valence-corrected chi connectivity index (χ3v) is 2.41. The fourth-order valence-electron chi connectivity index (χ4n) is 1.51. The van der Waals surface area contributed by atoms with Crippen molar-refractivity contribution in [3.8, 4) is 0 Å². The molecule has 1 aromatic rings. The normalized spacial score (nSPS) is 13.1. The van der Waals surface area contributed by atoms with Crippen LogP contribution in [0.4, 0.5) is 24.5 Å². The standard InChI is InChI=1S/C11H13F3N2O4/c1-20-6-8(17)5-15-10-3-2-7(16(18)19)4-9(10)11(12,13)14/h2-4,8,15,17H,5-6H2,1H3. The van der Waals surface area contributed by atoms with Crippen molar-refractivity contribution in [2.45, 2.75) is 12.3 Å². The van der Waals surface area contributed by atoms with Crippen LogP contribution in [0.5, 0.6) is 0 Å². The van der Waals surface area contributed by atoms with Crippen molar-refractivity contribution < 1.29 is 27.9 Å². The molecule has 0 saturated heterocycles. The minimum absolute atomic E-state index is 0.0403. The average molecular weight is 294 g/mol. The zero-order chi connectivity index (χ0) is 15.3. The van der Waals surface area contributed by atoms with E-state index in [4.69, 9.17) is 0 Å². The van der Waals surface area contributed by atoms with Gasteiger partial charge in [0.15, 0.2) is 0 Å². The molecule has 0 heterocycles. The second-order valence-corrected chi connectivity index (χ2v) is 3.97. The van der Waals surface area contributed by atoms with E-state index in [0.29, 0.717) is 6.07 Å². The van der Waals surface area contributed by atoms with Crippen LogP contribution in [0.15, 0.2) is 18.2 Å². The van der Waals surface area contributed by atoms with Gasteiger partial charge in [0.25, 0.3) is 5.69 Å². The van der Waals surface area contributed by atoms with Gasteiger partial charge in [0.1, 0.15) is 0 Å². The molecular weight excluding hydrogens is 281 g/mol. The number of nitro groups is 1. The lowest BCUT2D eigenvalue weighted by Crippen LogP contribution is -2.25. The Morgan fingerprint density at radius 3 is 2.65 bits per heavy atom. The van der Waals surface area contributed by atoms with Crippen molar-refractivity contribution in [3.63, 3.8) is 0 Å². The summed E-state index contributed by atoms with van der Waals surface area (Å²) >= 11 is 0. The number of halogens is 3. The van der Waals surface area contributed by atoms with Crippen molar-refractivity contribution in [2.24, 2.45) is 0 Å². The molecule has 0 radical (unpaired) electrons. The molecular formula is C11H13F3N2O4. The third-order valence-electron chi connectivity index (χ3n) is 2.41. The highest BCUT2D eigenvalue weighted by Gasteiger charge is 2.35. The van der Waals surface area contributed by atoms with E-state index in [1.165, 1.54) is 7.11 Å². The molecule has 1 unspecified atom stereocenters. The van der Waals surface area contributed by atoms with Crippen LogP contribution in [-0.4, -0.2) is 36.4 Å². The Balaban J connectivity index is 2.98. The number of nitrogens with zero attached hydrogens (tertiary/aromatic N) is 1. The van der Waals surface area contributed by atoms with Crippen molar-refractivity contribution in [1.82, 2.24) is 0 Å². The minimum atomic E-state index is -4.74. The van der Waals surface area contributed by atoms with Crippen LogP contribution in [0.3, 0.4) is 0 Å². The number of benzene rings is 1. The number of aliphatic hydroxyl groups is 1. The summed E-state index contributed by atoms with van der Waals surface area (Å²) in [6.45, 7) is -0.212. The average Bonchev–Trinajstić information content (AvgIpc) is 2.35. The van der Waals surface area contributed by atoms with Crippen LogP contribution < -0.4 is 5.32 Å². The SMILES string of the molecule is COCC(O)CNc1ccc([N+](=O)[O-])cc1C(F)(F)F. The lowest BCUT2D eigenvalue weighted by molar-refractivity contribution is -0.385. The van der Waals surface area contributed by atoms with Crippen molar-refractivity contribution in [3.05, 3.63) is 33.9 Å². The molecule has 112 valence electrons. The molecule has 0 bridgehead atoms. The Bertz CT molecular complexity index is 479. The number of aliphatic hydroxyl groups excluding tert-OH is 1. The zero-order valence-electron chi connectivity index (χ0n) is 10.5. The fourth-order valence-corrected chi connectivity index (χ4v) is 1.51. The smallest absolute Gasteiger partial charge is 0.389 e. The molecule has 6 nitrogen and oxygen atoms in total. The summed E-state index contributed by atoms with van der Waals surface area (Å²) in [6.07, 6.45) is -5.73. The summed E-state index contributed by atoms with van der Waals surface area (Å²) in [5, 5.41) is 22.3. The van der Waals surface area contributed by atoms with Gasteiger partial charge in [-0.3, -0.25) is 10.1 Å². The maximum Gasteiger partial charge on any atom is 0.418 e. The number of non-ortho nitro benzene ring substituents is 1. The lowest BCUT2D eigenvalue weighted by atomic mass is 10.1. The highest BCUT2D eigenvalue weighted by atomic mass is 19.4. The Morgan fingerprint density at radius 1 is 1.50 bits per heavy atom. The number of rotatable bonds is 6.